The molecule has 1 aromatic rings. The van der Waals surface area contributed by atoms with Crippen LogP contribution in [-0.4, -0.2) is 6.54 Å². The SMILES string of the molecule is CCCCCCNc1cc(C)ccc1Br. The van der Waals surface area contributed by atoms with Gasteiger partial charge in [-0.2, -0.15) is 0 Å². The van der Waals surface area contributed by atoms with Crippen molar-refractivity contribution < 1.29 is 0 Å². The normalized spacial score (nSPS) is 10.3. The molecule has 0 fully saturated rings. The summed E-state index contributed by atoms with van der Waals surface area (Å²) < 4.78 is 1.16. The van der Waals surface area contributed by atoms with Crippen LogP contribution in [0.1, 0.15) is 38.2 Å². The van der Waals surface area contributed by atoms with Crippen LogP contribution in [0.25, 0.3) is 0 Å². The molecule has 1 N–H and O–H groups in total. The van der Waals surface area contributed by atoms with Gasteiger partial charge in [0.05, 0.1) is 0 Å². The van der Waals surface area contributed by atoms with Gasteiger partial charge in [-0.25, -0.2) is 0 Å². The first-order valence-electron chi connectivity index (χ1n) is 5.74. The van der Waals surface area contributed by atoms with E-state index in [9.17, 15) is 0 Å². The number of nitrogens with one attached hydrogen (secondary N) is 1. The van der Waals surface area contributed by atoms with Crippen LogP contribution >= 0.6 is 15.9 Å². The highest BCUT2D eigenvalue weighted by Crippen LogP contribution is 2.23. The summed E-state index contributed by atoms with van der Waals surface area (Å²) in [4.78, 5) is 0. The Morgan fingerprint density at radius 1 is 1.20 bits per heavy atom. The van der Waals surface area contributed by atoms with E-state index in [0.29, 0.717) is 0 Å². The molecular formula is C13H20BrN. The number of hydrogen-bond donors (Lipinski definition) is 1. The molecule has 1 nitrogen and oxygen atoms in total. The van der Waals surface area contributed by atoms with E-state index >= 15 is 0 Å². The van der Waals surface area contributed by atoms with Gasteiger partial charge in [-0.1, -0.05) is 32.3 Å². The molecule has 0 saturated heterocycles. The Labute approximate surface area is 101 Å². The third-order valence-corrected chi connectivity index (χ3v) is 3.16. The fraction of sp³-hybridized carbons (Fsp3) is 0.538. The van der Waals surface area contributed by atoms with Crippen LogP contribution in [0, 0.1) is 6.92 Å². The van der Waals surface area contributed by atoms with Crippen LogP contribution in [0.3, 0.4) is 0 Å². The van der Waals surface area contributed by atoms with E-state index in [4.69, 9.17) is 0 Å². The highest BCUT2D eigenvalue weighted by atomic mass is 79.9. The van der Waals surface area contributed by atoms with Crippen molar-refractivity contribution >= 4 is 21.6 Å². The summed E-state index contributed by atoms with van der Waals surface area (Å²) in [5.74, 6) is 0. The second-order valence-corrected chi connectivity index (χ2v) is 4.83. The second-order valence-electron chi connectivity index (χ2n) is 3.97. The molecule has 15 heavy (non-hydrogen) atoms. The fourth-order valence-electron chi connectivity index (χ4n) is 1.55. The summed E-state index contributed by atoms with van der Waals surface area (Å²) in [5, 5.41) is 3.47. The van der Waals surface area contributed by atoms with Crippen LogP contribution in [0.4, 0.5) is 5.69 Å². The number of unbranched alkanes of at least 4 members (excludes halogenated alkanes) is 3. The number of rotatable bonds is 6. The zero-order valence-electron chi connectivity index (χ0n) is 9.65. The average Bonchev–Trinajstić information content (AvgIpc) is 2.23. The number of anilines is 1. The first-order chi connectivity index (χ1) is 7.24. The maximum atomic E-state index is 3.55. The van der Waals surface area contributed by atoms with Crippen molar-refractivity contribution in [2.75, 3.05) is 11.9 Å². The fourth-order valence-corrected chi connectivity index (χ4v) is 1.94. The highest BCUT2D eigenvalue weighted by molar-refractivity contribution is 9.10. The third-order valence-electron chi connectivity index (χ3n) is 2.47. The van der Waals surface area contributed by atoms with E-state index in [0.717, 1.165) is 11.0 Å². The molecule has 0 heterocycles. The molecule has 2 heteroatoms. The van der Waals surface area contributed by atoms with Crippen molar-refractivity contribution in [1.29, 1.82) is 0 Å². The standard InChI is InChI=1S/C13H20BrN/c1-3-4-5-6-9-15-13-10-11(2)7-8-12(13)14/h7-8,10,15H,3-6,9H2,1-2H3. The molecule has 0 bridgehead atoms. The molecule has 0 radical (unpaired) electrons. The highest BCUT2D eigenvalue weighted by Gasteiger charge is 1.98. The van der Waals surface area contributed by atoms with Crippen LogP contribution in [0.2, 0.25) is 0 Å². The van der Waals surface area contributed by atoms with Gasteiger partial charge in [-0.3, -0.25) is 0 Å². The molecule has 0 amide bonds. The zero-order valence-corrected chi connectivity index (χ0v) is 11.2. The average molecular weight is 270 g/mol. The van der Waals surface area contributed by atoms with E-state index in [1.165, 1.54) is 36.9 Å². The lowest BCUT2D eigenvalue weighted by molar-refractivity contribution is 0.685. The summed E-state index contributed by atoms with van der Waals surface area (Å²) in [6.45, 7) is 5.43. The Balaban J connectivity index is 2.33. The lowest BCUT2D eigenvalue weighted by Crippen LogP contribution is -2.02. The van der Waals surface area contributed by atoms with Crippen molar-refractivity contribution in [3.8, 4) is 0 Å². The van der Waals surface area contributed by atoms with Gasteiger partial charge >= 0.3 is 0 Å². The van der Waals surface area contributed by atoms with E-state index < -0.39 is 0 Å². The molecule has 0 spiro atoms. The molecular weight excluding hydrogens is 250 g/mol. The molecule has 84 valence electrons. The lowest BCUT2D eigenvalue weighted by atomic mass is 10.2. The predicted octanol–water partition coefficient (Wildman–Crippen LogP) is 4.75. The second kappa shape index (κ2) is 6.89. The first kappa shape index (κ1) is 12.6. The zero-order chi connectivity index (χ0) is 11.1. The van der Waals surface area contributed by atoms with Crippen LogP contribution < -0.4 is 5.32 Å². The Hall–Kier alpha value is -0.500. The quantitative estimate of drug-likeness (QED) is 0.735. The smallest absolute Gasteiger partial charge is 0.0487 e. The molecule has 1 aromatic carbocycles. The first-order valence-corrected chi connectivity index (χ1v) is 6.53. The molecule has 0 atom stereocenters. The Kier molecular flexibility index (Phi) is 5.77. The van der Waals surface area contributed by atoms with Crippen molar-refractivity contribution in [2.24, 2.45) is 0 Å². The minimum Gasteiger partial charge on any atom is -0.384 e. The molecule has 0 saturated carbocycles. The number of aryl methyl sites for hydroxylation is 1. The topological polar surface area (TPSA) is 12.0 Å². The van der Waals surface area contributed by atoms with Crippen molar-refractivity contribution in [2.45, 2.75) is 39.5 Å². The number of halogens is 1. The maximum Gasteiger partial charge on any atom is 0.0487 e. The van der Waals surface area contributed by atoms with E-state index in [-0.39, 0.29) is 0 Å². The molecule has 0 unspecified atom stereocenters. The van der Waals surface area contributed by atoms with E-state index in [1.54, 1.807) is 0 Å². The minimum absolute atomic E-state index is 1.07. The van der Waals surface area contributed by atoms with Crippen LogP contribution in [0.15, 0.2) is 22.7 Å². The Morgan fingerprint density at radius 3 is 2.73 bits per heavy atom. The van der Waals surface area contributed by atoms with Crippen LogP contribution in [-0.2, 0) is 0 Å². The monoisotopic (exact) mass is 269 g/mol. The minimum atomic E-state index is 1.07. The molecule has 0 aromatic heterocycles. The van der Waals surface area contributed by atoms with E-state index in [2.05, 4.69) is 53.3 Å². The van der Waals surface area contributed by atoms with Crippen molar-refractivity contribution in [1.82, 2.24) is 0 Å². The van der Waals surface area contributed by atoms with E-state index in [1.807, 2.05) is 0 Å². The van der Waals surface area contributed by atoms with Gasteiger partial charge in [0, 0.05) is 16.7 Å². The van der Waals surface area contributed by atoms with Crippen molar-refractivity contribution in [3.05, 3.63) is 28.2 Å². The Morgan fingerprint density at radius 2 is 2.00 bits per heavy atom. The Bertz CT molecular complexity index is 297. The van der Waals surface area contributed by atoms with Gasteiger partial charge in [0.25, 0.3) is 0 Å². The predicted molar refractivity (Wildman–Crippen MR) is 71.5 cm³/mol. The summed E-state index contributed by atoms with van der Waals surface area (Å²) in [7, 11) is 0. The van der Waals surface area contributed by atoms with Gasteiger partial charge in [-0.15, -0.1) is 0 Å². The molecule has 0 aliphatic rings. The summed E-state index contributed by atoms with van der Waals surface area (Å²) >= 11 is 3.55. The molecule has 0 aliphatic carbocycles. The van der Waals surface area contributed by atoms with Gasteiger partial charge in [0.1, 0.15) is 0 Å². The van der Waals surface area contributed by atoms with Gasteiger partial charge in [-0.05, 0) is 47.0 Å². The lowest BCUT2D eigenvalue weighted by Gasteiger charge is -2.09. The summed E-state index contributed by atoms with van der Waals surface area (Å²) in [5.41, 5.74) is 2.51. The van der Waals surface area contributed by atoms with Crippen LogP contribution in [0.5, 0.6) is 0 Å². The molecule has 0 aliphatic heterocycles. The van der Waals surface area contributed by atoms with Crippen molar-refractivity contribution in [3.63, 3.8) is 0 Å². The van der Waals surface area contributed by atoms with Gasteiger partial charge in [0.15, 0.2) is 0 Å². The number of benzene rings is 1. The summed E-state index contributed by atoms with van der Waals surface area (Å²) in [6.07, 6.45) is 5.23. The maximum absolute atomic E-state index is 3.55. The molecule has 1 rings (SSSR count). The number of hydrogen-bond acceptors (Lipinski definition) is 1. The summed E-state index contributed by atoms with van der Waals surface area (Å²) in [6, 6.07) is 6.40. The van der Waals surface area contributed by atoms with Gasteiger partial charge in [0.2, 0.25) is 0 Å². The third kappa shape index (κ3) is 4.70. The van der Waals surface area contributed by atoms with Gasteiger partial charge < -0.3 is 5.32 Å². The largest absolute Gasteiger partial charge is 0.384 e.